The van der Waals surface area contributed by atoms with Crippen LogP contribution in [0.4, 0.5) is 20.3 Å². The molecule has 0 spiro atoms. The minimum Gasteiger partial charge on any atom is -0.355 e. The molecule has 2 amide bonds. The average Bonchev–Trinajstić information content (AvgIpc) is 3.06. The van der Waals surface area contributed by atoms with Gasteiger partial charge in [-0.2, -0.15) is 0 Å². The summed E-state index contributed by atoms with van der Waals surface area (Å²) in [5, 5.41) is 2.57. The van der Waals surface area contributed by atoms with Crippen molar-refractivity contribution in [3.05, 3.63) is 88.0 Å². The van der Waals surface area contributed by atoms with Gasteiger partial charge < -0.3 is 15.1 Å². The van der Waals surface area contributed by atoms with Gasteiger partial charge in [-0.3, -0.25) is 9.59 Å². The number of pyridine rings is 1. The van der Waals surface area contributed by atoms with Crippen molar-refractivity contribution in [3.8, 4) is 0 Å². The van der Waals surface area contributed by atoms with Crippen molar-refractivity contribution < 1.29 is 18.4 Å². The molecule has 0 saturated carbocycles. The number of amides is 2. The molecule has 1 saturated heterocycles. The Hall–Kier alpha value is -3.33. The summed E-state index contributed by atoms with van der Waals surface area (Å²) < 4.78 is 27.8. The molecule has 1 aliphatic rings. The molecule has 1 N–H and O–H groups in total. The van der Waals surface area contributed by atoms with Crippen LogP contribution in [0, 0.1) is 11.6 Å². The Balaban J connectivity index is 1.37. The molecule has 1 fully saturated rings. The standard InChI is InChI=1S/C24H21BrF2N4O2/c25-17-4-2-16(3-5-17)24(33)31-11-1-10-30(12-13-31)22-9-7-19(15-28-22)29-23(32)20-8-6-18(26)14-21(20)27/h2-9,14-15H,1,10-13H2,(H,29,32). The highest BCUT2D eigenvalue weighted by Crippen LogP contribution is 2.19. The van der Waals surface area contributed by atoms with E-state index in [-0.39, 0.29) is 11.5 Å². The first-order valence-corrected chi connectivity index (χ1v) is 11.2. The lowest BCUT2D eigenvalue weighted by molar-refractivity contribution is 0.0766. The third kappa shape index (κ3) is 5.54. The number of hydrogen-bond acceptors (Lipinski definition) is 4. The predicted molar refractivity (Wildman–Crippen MR) is 125 cm³/mol. The number of carbonyl (C=O) groups is 2. The minimum atomic E-state index is -0.927. The fourth-order valence-electron chi connectivity index (χ4n) is 3.64. The molecule has 1 aromatic heterocycles. The highest BCUT2D eigenvalue weighted by Gasteiger charge is 2.21. The Morgan fingerprint density at radius 3 is 2.42 bits per heavy atom. The molecule has 1 aliphatic heterocycles. The molecule has 0 radical (unpaired) electrons. The summed E-state index contributed by atoms with van der Waals surface area (Å²) >= 11 is 3.38. The van der Waals surface area contributed by atoms with Gasteiger partial charge >= 0.3 is 0 Å². The largest absolute Gasteiger partial charge is 0.355 e. The number of rotatable bonds is 4. The first-order chi connectivity index (χ1) is 15.9. The molecule has 2 heterocycles. The zero-order chi connectivity index (χ0) is 23.4. The SMILES string of the molecule is O=C(Nc1ccc(N2CCCN(C(=O)c3ccc(Br)cc3)CC2)nc1)c1ccc(F)cc1F. The second-order valence-electron chi connectivity index (χ2n) is 7.62. The first-order valence-electron chi connectivity index (χ1n) is 10.4. The second kappa shape index (κ2) is 10.1. The molecule has 0 bridgehead atoms. The number of anilines is 2. The van der Waals surface area contributed by atoms with Crippen LogP contribution < -0.4 is 10.2 Å². The van der Waals surface area contributed by atoms with E-state index in [1.54, 1.807) is 12.1 Å². The third-order valence-electron chi connectivity index (χ3n) is 5.38. The second-order valence-corrected chi connectivity index (χ2v) is 8.54. The highest BCUT2D eigenvalue weighted by atomic mass is 79.9. The summed E-state index contributed by atoms with van der Waals surface area (Å²) in [7, 11) is 0. The summed E-state index contributed by atoms with van der Waals surface area (Å²) in [6.45, 7) is 2.59. The van der Waals surface area contributed by atoms with Crippen molar-refractivity contribution in [2.75, 3.05) is 36.4 Å². The highest BCUT2D eigenvalue weighted by molar-refractivity contribution is 9.10. The average molecular weight is 515 g/mol. The van der Waals surface area contributed by atoms with Gasteiger partial charge in [-0.05, 0) is 55.0 Å². The van der Waals surface area contributed by atoms with Crippen LogP contribution in [0.3, 0.4) is 0 Å². The molecule has 2 aromatic carbocycles. The van der Waals surface area contributed by atoms with E-state index in [1.165, 1.54) is 6.20 Å². The lowest BCUT2D eigenvalue weighted by atomic mass is 10.2. The summed E-state index contributed by atoms with van der Waals surface area (Å²) in [5.41, 5.74) is 0.806. The van der Waals surface area contributed by atoms with Gasteiger partial charge in [-0.1, -0.05) is 15.9 Å². The van der Waals surface area contributed by atoms with Gasteiger partial charge in [0.15, 0.2) is 0 Å². The molecule has 3 aromatic rings. The van der Waals surface area contributed by atoms with Gasteiger partial charge in [0.05, 0.1) is 17.4 Å². The van der Waals surface area contributed by atoms with E-state index in [9.17, 15) is 18.4 Å². The Labute approximate surface area is 198 Å². The van der Waals surface area contributed by atoms with Crippen LogP contribution in [0.1, 0.15) is 27.1 Å². The van der Waals surface area contributed by atoms with Crippen LogP contribution in [0.2, 0.25) is 0 Å². The van der Waals surface area contributed by atoms with E-state index in [0.29, 0.717) is 37.0 Å². The van der Waals surface area contributed by atoms with Crippen LogP contribution in [0.25, 0.3) is 0 Å². The molecule has 33 heavy (non-hydrogen) atoms. The number of benzene rings is 2. The Morgan fingerprint density at radius 2 is 1.73 bits per heavy atom. The quantitative estimate of drug-likeness (QED) is 0.546. The fraction of sp³-hybridized carbons (Fsp3) is 0.208. The Bertz CT molecular complexity index is 1160. The van der Waals surface area contributed by atoms with Crippen molar-refractivity contribution >= 4 is 39.2 Å². The van der Waals surface area contributed by atoms with E-state index in [1.807, 2.05) is 29.2 Å². The maximum absolute atomic E-state index is 13.8. The molecule has 9 heteroatoms. The number of nitrogens with one attached hydrogen (secondary N) is 1. The fourth-order valence-corrected chi connectivity index (χ4v) is 3.91. The number of halogens is 3. The van der Waals surface area contributed by atoms with E-state index in [4.69, 9.17) is 0 Å². The molecule has 0 unspecified atom stereocenters. The number of carbonyl (C=O) groups excluding carboxylic acids is 2. The number of aromatic nitrogens is 1. The van der Waals surface area contributed by atoms with E-state index in [0.717, 1.165) is 35.4 Å². The molecule has 0 atom stereocenters. The van der Waals surface area contributed by atoms with Gasteiger partial charge in [0.1, 0.15) is 17.5 Å². The lowest BCUT2D eigenvalue weighted by Crippen LogP contribution is -2.35. The van der Waals surface area contributed by atoms with E-state index < -0.39 is 17.5 Å². The summed E-state index contributed by atoms with van der Waals surface area (Å²) in [6.07, 6.45) is 2.29. The molecule has 6 nitrogen and oxygen atoms in total. The van der Waals surface area contributed by atoms with Crippen LogP contribution in [0.5, 0.6) is 0 Å². The van der Waals surface area contributed by atoms with Gasteiger partial charge in [0, 0.05) is 42.3 Å². The normalized spacial score (nSPS) is 14.0. The zero-order valence-corrected chi connectivity index (χ0v) is 19.2. The van der Waals surface area contributed by atoms with E-state index >= 15 is 0 Å². The summed E-state index contributed by atoms with van der Waals surface area (Å²) in [4.78, 5) is 33.4. The van der Waals surface area contributed by atoms with Crippen LogP contribution in [-0.4, -0.2) is 47.9 Å². The molecular weight excluding hydrogens is 494 g/mol. The van der Waals surface area contributed by atoms with Gasteiger partial charge in [0.2, 0.25) is 0 Å². The van der Waals surface area contributed by atoms with Gasteiger partial charge in [0.25, 0.3) is 11.8 Å². The molecular formula is C24H21BrF2N4O2. The molecule has 4 rings (SSSR count). The first kappa shape index (κ1) is 22.8. The number of nitrogens with zero attached hydrogens (tertiary/aromatic N) is 3. The van der Waals surface area contributed by atoms with Crippen molar-refractivity contribution in [1.82, 2.24) is 9.88 Å². The van der Waals surface area contributed by atoms with Gasteiger partial charge in [-0.25, -0.2) is 13.8 Å². The van der Waals surface area contributed by atoms with Crippen molar-refractivity contribution in [2.24, 2.45) is 0 Å². The van der Waals surface area contributed by atoms with Crippen molar-refractivity contribution in [3.63, 3.8) is 0 Å². The maximum atomic E-state index is 13.8. The predicted octanol–water partition coefficient (Wildman–Crippen LogP) is 4.73. The molecule has 0 aliphatic carbocycles. The summed E-state index contributed by atoms with van der Waals surface area (Å²) in [6, 6.07) is 13.6. The lowest BCUT2D eigenvalue weighted by Gasteiger charge is -2.23. The summed E-state index contributed by atoms with van der Waals surface area (Å²) in [5.74, 6) is -1.63. The minimum absolute atomic E-state index is 0.00314. The maximum Gasteiger partial charge on any atom is 0.258 e. The monoisotopic (exact) mass is 514 g/mol. The van der Waals surface area contributed by atoms with Crippen LogP contribution >= 0.6 is 15.9 Å². The van der Waals surface area contributed by atoms with Crippen molar-refractivity contribution in [1.29, 1.82) is 0 Å². The van der Waals surface area contributed by atoms with Gasteiger partial charge in [-0.15, -0.1) is 0 Å². The van der Waals surface area contributed by atoms with Crippen molar-refractivity contribution in [2.45, 2.75) is 6.42 Å². The Morgan fingerprint density at radius 1 is 0.939 bits per heavy atom. The smallest absolute Gasteiger partial charge is 0.258 e. The zero-order valence-electron chi connectivity index (χ0n) is 17.6. The third-order valence-corrected chi connectivity index (χ3v) is 5.91. The number of hydrogen-bond donors (Lipinski definition) is 1. The topological polar surface area (TPSA) is 65.5 Å². The Kier molecular flexibility index (Phi) is 6.98. The molecule has 170 valence electrons. The van der Waals surface area contributed by atoms with Crippen LogP contribution in [-0.2, 0) is 0 Å². The van der Waals surface area contributed by atoms with Crippen LogP contribution in [0.15, 0.2) is 65.3 Å². The van der Waals surface area contributed by atoms with E-state index in [2.05, 4.69) is 31.1 Å².